The highest BCUT2D eigenvalue weighted by Crippen LogP contribution is 2.33. The highest BCUT2D eigenvalue weighted by atomic mass is 19.4. The number of aromatic nitrogens is 1. The van der Waals surface area contributed by atoms with Crippen molar-refractivity contribution in [2.75, 3.05) is 0 Å². The molecule has 3 nitrogen and oxygen atoms in total. The first-order valence-electron chi connectivity index (χ1n) is 6.09. The van der Waals surface area contributed by atoms with Crippen molar-refractivity contribution in [3.05, 3.63) is 52.8 Å². The van der Waals surface area contributed by atoms with Crippen molar-refractivity contribution in [1.82, 2.24) is 4.98 Å². The van der Waals surface area contributed by atoms with Gasteiger partial charge in [0.1, 0.15) is 0 Å². The minimum Gasteiger partial charge on any atom is -0.477 e. The number of hydrogen-bond donors (Lipinski definition) is 1. The van der Waals surface area contributed by atoms with Crippen LogP contribution in [-0.2, 0) is 6.18 Å². The molecule has 0 amide bonds. The number of rotatable bonds is 2. The van der Waals surface area contributed by atoms with Crippen LogP contribution in [0.3, 0.4) is 0 Å². The number of hydrogen-bond acceptors (Lipinski definition) is 2. The van der Waals surface area contributed by atoms with Gasteiger partial charge in [0.2, 0.25) is 0 Å². The van der Waals surface area contributed by atoms with Crippen LogP contribution in [0, 0.1) is 13.8 Å². The highest BCUT2D eigenvalue weighted by Gasteiger charge is 2.30. The Morgan fingerprint density at radius 2 is 1.86 bits per heavy atom. The molecule has 0 fully saturated rings. The maximum absolute atomic E-state index is 12.7. The molecule has 0 radical (unpaired) electrons. The van der Waals surface area contributed by atoms with E-state index in [4.69, 9.17) is 5.11 Å². The zero-order chi connectivity index (χ0) is 15.8. The summed E-state index contributed by atoms with van der Waals surface area (Å²) in [7, 11) is 0. The molecule has 1 heterocycles. The Morgan fingerprint density at radius 3 is 2.43 bits per heavy atom. The zero-order valence-corrected chi connectivity index (χ0v) is 11.3. The van der Waals surface area contributed by atoms with E-state index < -0.39 is 17.7 Å². The van der Waals surface area contributed by atoms with E-state index in [1.807, 2.05) is 0 Å². The van der Waals surface area contributed by atoms with Gasteiger partial charge in [-0.1, -0.05) is 12.1 Å². The molecule has 1 aromatic heterocycles. The van der Waals surface area contributed by atoms with E-state index >= 15 is 0 Å². The Labute approximate surface area is 119 Å². The van der Waals surface area contributed by atoms with E-state index in [9.17, 15) is 18.0 Å². The Kier molecular flexibility index (Phi) is 3.72. The van der Waals surface area contributed by atoms with Crippen LogP contribution in [0.5, 0.6) is 0 Å². The molecule has 0 atom stereocenters. The molecule has 0 aliphatic heterocycles. The summed E-state index contributed by atoms with van der Waals surface area (Å²) in [6, 6.07) is 4.88. The zero-order valence-electron chi connectivity index (χ0n) is 11.3. The lowest BCUT2D eigenvalue weighted by molar-refractivity contribution is -0.137. The quantitative estimate of drug-likeness (QED) is 0.908. The van der Waals surface area contributed by atoms with Crippen LogP contribution in [0.4, 0.5) is 13.2 Å². The van der Waals surface area contributed by atoms with E-state index in [-0.39, 0.29) is 5.69 Å². The molecule has 1 aromatic carbocycles. The van der Waals surface area contributed by atoms with Crippen molar-refractivity contribution in [1.29, 1.82) is 0 Å². The summed E-state index contributed by atoms with van der Waals surface area (Å²) < 4.78 is 38.2. The second-order valence-corrected chi connectivity index (χ2v) is 4.65. The number of halogens is 3. The topological polar surface area (TPSA) is 50.2 Å². The fraction of sp³-hybridized carbons (Fsp3) is 0.200. The van der Waals surface area contributed by atoms with Crippen molar-refractivity contribution in [3.8, 4) is 11.1 Å². The molecule has 6 heteroatoms. The molecule has 2 aromatic rings. The summed E-state index contributed by atoms with van der Waals surface area (Å²) in [5, 5.41) is 8.99. The smallest absolute Gasteiger partial charge is 0.416 e. The highest BCUT2D eigenvalue weighted by molar-refractivity contribution is 5.88. The minimum atomic E-state index is -4.42. The molecule has 0 saturated carbocycles. The van der Waals surface area contributed by atoms with E-state index in [1.54, 1.807) is 19.9 Å². The number of nitrogens with zero attached hydrogens (tertiary/aromatic N) is 1. The second-order valence-electron chi connectivity index (χ2n) is 4.65. The summed E-state index contributed by atoms with van der Waals surface area (Å²) in [6.07, 6.45) is -3.13. The van der Waals surface area contributed by atoms with E-state index in [2.05, 4.69) is 4.98 Å². The number of alkyl halides is 3. The van der Waals surface area contributed by atoms with Gasteiger partial charge < -0.3 is 5.11 Å². The predicted molar refractivity (Wildman–Crippen MR) is 71.1 cm³/mol. The molecule has 0 spiro atoms. The van der Waals surface area contributed by atoms with Crippen molar-refractivity contribution < 1.29 is 23.1 Å². The van der Waals surface area contributed by atoms with Gasteiger partial charge in [0.15, 0.2) is 5.69 Å². The number of carboxylic acid groups (broad SMARTS) is 1. The van der Waals surface area contributed by atoms with E-state index in [0.29, 0.717) is 22.3 Å². The molecule has 0 unspecified atom stereocenters. The molecular weight excluding hydrogens is 283 g/mol. The van der Waals surface area contributed by atoms with Crippen molar-refractivity contribution >= 4 is 5.97 Å². The first-order chi connectivity index (χ1) is 9.71. The fourth-order valence-corrected chi connectivity index (χ4v) is 2.07. The van der Waals surface area contributed by atoms with Gasteiger partial charge >= 0.3 is 12.1 Å². The van der Waals surface area contributed by atoms with Gasteiger partial charge in [-0.15, -0.1) is 0 Å². The van der Waals surface area contributed by atoms with Crippen molar-refractivity contribution in [2.45, 2.75) is 20.0 Å². The summed E-state index contributed by atoms with van der Waals surface area (Å²) in [5.41, 5.74) is 1.04. The summed E-state index contributed by atoms with van der Waals surface area (Å²) in [5.74, 6) is -1.16. The number of aromatic carboxylic acids is 1. The lowest BCUT2D eigenvalue weighted by Crippen LogP contribution is -2.07. The van der Waals surface area contributed by atoms with Gasteiger partial charge in [-0.3, -0.25) is 0 Å². The number of pyridine rings is 1. The van der Waals surface area contributed by atoms with E-state index in [0.717, 1.165) is 12.1 Å². The Morgan fingerprint density at radius 1 is 1.19 bits per heavy atom. The van der Waals surface area contributed by atoms with Gasteiger partial charge in [-0.05, 0) is 42.7 Å². The summed E-state index contributed by atoms with van der Waals surface area (Å²) >= 11 is 0. The third kappa shape index (κ3) is 2.89. The molecule has 0 bridgehead atoms. The average molecular weight is 295 g/mol. The minimum absolute atomic E-state index is 0.0942. The Balaban J connectivity index is 2.58. The third-order valence-electron chi connectivity index (χ3n) is 3.35. The van der Waals surface area contributed by atoms with Crippen LogP contribution in [-0.4, -0.2) is 16.1 Å². The lowest BCUT2D eigenvalue weighted by atomic mass is 9.96. The number of carboxylic acids is 1. The van der Waals surface area contributed by atoms with Crippen LogP contribution in [0.1, 0.15) is 27.2 Å². The standard InChI is InChI=1S/C15H12F3NO2/c1-8-9(2)13(14(20)21)19-7-12(8)10-4-3-5-11(6-10)15(16,17)18/h3-7H,1-2H3,(H,20,21). The predicted octanol–water partition coefficient (Wildman–Crippen LogP) is 4.08. The second kappa shape index (κ2) is 5.20. The van der Waals surface area contributed by atoms with Gasteiger partial charge in [0.25, 0.3) is 0 Å². The van der Waals surface area contributed by atoms with Crippen molar-refractivity contribution in [3.63, 3.8) is 0 Å². The molecule has 21 heavy (non-hydrogen) atoms. The number of benzene rings is 1. The molecule has 110 valence electrons. The number of carbonyl (C=O) groups is 1. The SMILES string of the molecule is Cc1c(-c2cccc(C(F)(F)F)c2)cnc(C(=O)O)c1C. The summed E-state index contributed by atoms with van der Waals surface area (Å²) in [4.78, 5) is 14.8. The van der Waals surface area contributed by atoms with Gasteiger partial charge in [-0.2, -0.15) is 13.2 Å². The average Bonchev–Trinajstić information content (AvgIpc) is 2.40. The molecule has 0 aliphatic carbocycles. The Bertz CT molecular complexity index is 709. The molecule has 0 saturated heterocycles. The van der Waals surface area contributed by atoms with Crippen LogP contribution in [0.2, 0.25) is 0 Å². The van der Waals surface area contributed by atoms with Crippen LogP contribution in [0.15, 0.2) is 30.5 Å². The largest absolute Gasteiger partial charge is 0.477 e. The molecule has 0 aliphatic rings. The molecule has 1 N–H and O–H groups in total. The first-order valence-corrected chi connectivity index (χ1v) is 6.09. The maximum atomic E-state index is 12.7. The normalized spacial score (nSPS) is 11.5. The van der Waals surface area contributed by atoms with Crippen LogP contribution < -0.4 is 0 Å². The molecular formula is C15H12F3NO2. The van der Waals surface area contributed by atoms with Gasteiger partial charge in [0.05, 0.1) is 5.56 Å². The fourth-order valence-electron chi connectivity index (χ4n) is 2.07. The summed E-state index contributed by atoms with van der Waals surface area (Å²) in [6.45, 7) is 3.25. The van der Waals surface area contributed by atoms with Gasteiger partial charge in [-0.25, -0.2) is 9.78 Å². The van der Waals surface area contributed by atoms with Gasteiger partial charge in [0, 0.05) is 11.8 Å². The monoisotopic (exact) mass is 295 g/mol. The Hall–Kier alpha value is -2.37. The lowest BCUT2D eigenvalue weighted by Gasteiger charge is -2.13. The third-order valence-corrected chi connectivity index (χ3v) is 3.35. The molecule has 2 rings (SSSR count). The van der Waals surface area contributed by atoms with Crippen molar-refractivity contribution in [2.24, 2.45) is 0 Å². The van der Waals surface area contributed by atoms with Crippen LogP contribution in [0.25, 0.3) is 11.1 Å². The van der Waals surface area contributed by atoms with E-state index in [1.165, 1.54) is 12.3 Å². The van der Waals surface area contributed by atoms with Crippen LogP contribution >= 0.6 is 0 Å². The first kappa shape index (κ1) is 15.0. The maximum Gasteiger partial charge on any atom is 0.416 e.